The van der Waals surface area contributed by atoms with Gasteiger partial charge in [-0.15, -0.1) is 16.8 Å². The van der Waals surface area contributed by atoms with E-state index in [2.05, 4.69) is 22.1 Å². The summed E-state index contributed by atoms with van der Waals surface area (Å²) in [6, 6.07) is 8.03. The monoisotopic (exact) mass is 307 g/mol. The molecule has 0 saturated heterocycles. The van der Waals surface area contributed by atoms with Gasteiger partial charge in [0.1, 0.15) is 5.75 Å². The smallest absolute Gasteiger partial charge is 0.206 e. The first kappa shape index (κ1) is 14.9. The van der Waals surface area contributed by atoms with Crippen LogP contribution >= 0.6 is 23.1 Å². The van der Waals surface area contributed by atoms with Crippen LogP contribution in [0.5, 0.6) is 5.75 Å². The zero-order valence-electron chi connectivity index (χ0n) is 11.3. The molecule has 0 aliphatic carbocycles. The molecule has 1 aromatic carbocycles. The molecule has 0 aliphatic rings. The number of hydrogen-bond donors (Lipinski definition) is 1. The first-order valence-corrected chi connectivity index (χ1v) is 8.09. The molecule has 0 fully saturated rings. The van der Waals surface area contributed by atoms with Crippen molar-refractivity contribution in [3.63, 3.8) is 0 Å². The molecule has 0 unspecified atom stereocenters. The van der Waals surface area contributed by atoms with Crippen molar-refractivity contribution < 1.29 is 4.74 Å². The Morgan fingerprint density at radius 2 is 2.25 bits per heavy atom. The van der Waals surface area contributed by atoms with Crippen molar-refractivity contribution in [3.8, 4) is 5.75 Å². The van der Waals surface area contributed by atoms with Gasteiger partial charge in [-0.2, -0.15) is 0 Å². The number of nitrogens with one attached hydrogen (secondary N) is 1. The molecule has 0 saturated carbocycles. The summed E-state index contributed by atoms with van der Waals surface area (Å²) in [6.45, 7) is 7.06. The number of rotatable bonds is 8. The molecule has 0 radical (unpaired) electrons. The molecule has 0 aliphatic heterocycles. The molecule has 20 heavy (non-hydrogen) atoms. The normalized spacial score (nSPS) is 10.2. The maximum atomic E-state index is 5.74. The van der Waals surface area contributed by atoms with E-state index in [1.165, 1.54) is 0 Å². The van der Waals surface area contributed by atoms with E-state index in [0.717, 1.165) is 26.5 Å². The third-order valence-corrected chi connectivity index (χ3v) is 4.44. The standard InChI is InChI=1S/C14H17N3OS2/c1-3-8-15-13-16-17-14(20-13)19-10-9-18-12-7-5-4-6-11(12)2/h3-7H,1,8-10H2,2H3,(H,15,16). The molecule has 1 heterocycles. The number of thioether (sulfide) groups is 1. The van der Waals surface area contributed by atoms with Gasteiger partial charge < -0.3 is 10.1 Å². The van der Waals surface area contributed by atoms with Gasteiger partial charge in [0, 0.05) is 12.3 Å². The summed E-state index contributed by atoms with van der Waals surface area (Å²) in [7, 11) is 0. The topological polar surface area (TPSA) is 47.0 Å². The van der Waals surface area contributed by atoms with Crippen LogP contribution in [-0.4, -0.2) is 29.1 Å². The largest absolute Gasteiger partial charge is 0.492 e. The van der Waals surface area contributed by atoms with E-state index >= 15 is 0 Å². The first-order valence-electron chi connectivity index (χ1n) is 6.29. The molecule has 4 nitrogen and oxygen atoms in total. The summed E-state index contributed by atoms with van der Waals surface area (Å²) in [5.74, 6) is 1.79. The van der Waals surface area contributed by atoms with Crippen molar-refractivity contribution >= 4 is 28.2 Å². The Morgan fingerprint density at radius 3 is 3.05 bits per heavy atom. The van der Waals surface area contributed by atoms with Gasteiger partial charge >= 0.3 is 0 Å². The second-order valence-electron chi connectivity index (χ2n) is 4.01. The summed E-state index contributed by atoms with van der Waals surface area (Å²) in [5.41, 5.74) is 1.16. The van der Waals surface area contributed by atoms with E-state index < -0.39 is 0 Å². The zero-order chi connectivity index (χ0) is 14.2. The van der Waals surface area contributed by atoms with E-state index in [9.17, 15) is 0 Å². The summed E-state index contributed by atoms with van der Waals surface area (Å²) in [6.07, 6.45) is 1.80. The van der Waals surface area contributed by atoms with Crippen molar-refractivity contribution in [2.24, 2.45) is 0 Å². The molecule has 0 bridgehead atoms. The van der Waals surface area contributed by atoms with Crippen LogP contribution in [0.25, 0.3) is 0 Å². The average molecular weight is 307 g/mol. The second kappa shape index (κ2) is 7.91. The van der Waals surface area contributed by atoms with Gasteiger partial charge in [-0.1, -0.05) is 47.4 Å². The van der Waals surface area contributed by atoms with Gasteiger partial charge in [0.2, 0.25) is 5.13 Å². The van der Waals surface area contributed by atoms with Crippen LogP contribution in [-0.2, 0) is 0 Å². The van der Waals surface area contributed by atoms with Crippen LogP contribution in [0.15, 0.2) is 41.3 Å². The number of aryl methyl sites for hydroxylation is 1. The Kier molecular flexibility index (Phi) is 5.88. The summed E-state index contributed by atoms with van der Waals surface area (Å²) in [4.78, 5) is 0. The molecule has 0 atom stereocenters. The van der Waals surface area contributed by atoms with E-state index in [1.807, 2.05) is 31.2 Å². The highest BCUT2D eigenvalue weighted by Gasteiger charge is 2.04. The van der Waals surface area contributed by atoms with Crippen LogP contribution in [0.1, 0.15) is 5.56 Å². The van der Waals surface area contributed by atoms with Gasteiger partial charge in [0.25, 0.3) is 0 Å². The molecule has 0 spiro atoms. The van der Waals surface area contributed by atoms with E-state index in [0.29, 0.717) is 13.2 Å². The lowest BCUT2D eigenvalue weighted by molar-refractivity contribution is 0.341. The Labute approximate surface area is 127 Å². The van der Waals surface area contributed by atoms with Gasteiger partial charge in [-0.05, 0) is 18.6 Å². The van der Waals surface area contributed by atoms with E-state index in [4.69, 9.17) is 4.74 Å². The highest BCUT2D eigenvalue weighted by molar-refractivity contribution is 8.01. The third-order valence-electron chi connectivity index (χ3n) is 2.46. The Morgan fingerprint density at radius 1 is 1.40 bits per heavy atom. The molecule has 6 heteroatoms. The number of aromatic nitrogens is 2. The van der Waals surface area contributed by atoms with Gasteiger partial charge in [-0.25, -0.2) is 0 Å². The lowest BCUT2D eigenvalue weighted by Crippen LogP contribution is -2.01. The van der Waals surface area contributed by atoms with Crippen LogP contribution in [0.2, 0.25) is 0 Å². The first-order chi connectivity index (χ1) is 9.79. The van der Waals surface area contributed by atoms with Crippen LogP contribution in [0.4, 0.5) is 5.13 Å². The third kappa shape index (κ3) is 4.54. The van der Waals surface area contributed by atoms with Crippen LogP contribution < -0.4 is 10.1 Å². The molecule has 106 valence electrons. The number of nitrogens with zero attached hydrogens (tertiary/aromatic N) is 2. The fourth-order valence-corrected chi connectivity index (χ4v) is 3.14. The maximum Gasteiger partial charge on any atom is 0.206 e. The van der Waals surface area contributed by atoms with E-state index in [1.54, 1.807) is 29.2 Å². The fourth-order valence-electron chi connectivity index (χ4n) is 1.50. The molecule has 2 aromatic rings. The van der Waals surface area contributed by atoms with Crippen molar-refractivity contribution in [3.05, 3.63) is 42.5 Å². The highest BCUT2D eigenvalue weighted by Crippen LogP contribution is 2.25. The Hall–Kier alpha value is -1.53. The Balaban J connectivity index is 1.72. The van der Waals surface area contributed by atoms with Gasteiger partial charge in [0.15, 0.2) is 4.34 Å². The van der Waals surface area contributed by atoms with Crippen molar-refractivity contribution in [2.75, 3.05) is 24.2 Å². The van der Waals surface area contributed by atoms with Crippen molar-refractivity contribution in [1.29, 1.82) is 0 Å². The summed E-state index contributed by atoms with van der Waals surface area (Å²) >= 11 is 3.20. The molecule has 0 amide bonds. The van der Waals surface area contributed by atoms with Crippen LogP contribution in [0, 0.1) is 6.92 Å². The minimum atomic E-state index is 0.657. The number of ether oxygens (including phenoxy) is 1. The Bertz CT molecular complexity index is 557. The SMILES string of the molecule is C=CCNc1nnc(SCCOc2ccccc2C)s1. The average Bonchev–Trinajstić information content (AvgIpc) is 2.91. The predicted octanol–water partition coefficient (Wildman–Crippen LogP) is 3.62. The summed E-state index contributed by atoms with van der Waals surface area (Å²) in [5, 5.41) is 12.1. The highest BCUT2D eigenvalue weighted by atomic mass is 32.2. The number of para-hydroxylation sites is 1. The maximum absolute atomic E-state index is 5.74. The number of anilines is 1. The quantitative estimate of drug-likeness (QED) is 0.458. The second-order valence-corrected chi connectivity index (χ2v) is 6.32. The van der Waals surface area contributed by atoms with Gasteiger partial charge in [-0.3, -0.25) is 0 Å². The fraction of sp³-hybridized carbons (Fsp3) is 0.286. The minimum absolute atomic E-state index is 0.657. The van der Waals surface area contributed by atoms with Gasteiger partial charge in [0.05, 0.1) is 6.61 Å². The van der Waals surface area contributed by atoms with Crippen molar-refractivity contribution in [2.45, 2.75) is 11.3 Å². The molecular weight excluding hydrogens is 290 g/mol. The predicted molar refractivity (Wildman–Crippen MR) is 86.0 cm³/mol. The lowest BCUT2D eigenvalue weighted by Gasteiger charge is -2.07. The number of benzene rings is 1. The van der Waals surface area contributed by atoms with Crippen LogP contribution in [0.3, 0.4) is 0 Å². The van der Waals surface area contributed by atoms with E-state index in [-0.39, 0.29) is 0 Å². The molecule has 1 aromatic heterocycles. The minimum Gasteiger partial charge on any atom is -0.492 e. The number of hydrogen-bond acceptors (Lipinski definition) is 6. The molecule has 2 rings (SSSR count). The molecular formula is C14H17N3OS2. The summed E-state index contributed by atoms with van der Waals surface area (Å²) < 4.78 is 6.69. The lowest BCUT2D eigenvalue weighted by atomic mass is 10.2. The zero-order valence-corrected chi connectivity index (χ0v) is 13.0. The van der Waals surface area contributed by atoms with Crippen molar-refractivity contribution in [1.82, 2.24) is 10.2 Å². The molecule has 1 N–H and O–H groups in total.